The lowest BCUT2D eigenvalue weighted by Crippen LogP contribution is -2.41. The van der Waals surface area contributed by atoms with E-state index < -0.39 is 0 Å². The van der Waals surface area contributed by atoms with Gasteiger partial charge < -0.3 is 13.7 Å². The molecule has 0 aliphatic carbocycles. The third-order valence-corrected chi connectivity index (χ3v) is 10.1. The first kappa shape index (κ1) is 24.9. The van der Waals surface area contributed by atoms with Crippen LogP contribution in [0.5, 0.6) is 0 Å². The van der Waals surface area contributed by atoms with Gasteiger partial charge in [0.05, 0.1) is 11.2 Å². The molecule has 8 rings (SSSR count). The van der Waals surface area contributed by atoms with Crippen molar-refractivity contribution in [1.29, 1.82) is 0 Å². The molecule has 1 aliphatic heterocycles. The Labute approximate surface area is 243 Å². The highest BCUT2D eigenvalue weighted by atomic mass is 32.1. The van der Waals surface area contributed by atoms with E-state index in [9.17, 15) is 0 Å². The van der Waals surface area contributed by atoms with E-state index in [1.165, 1.54) is 36.9 Å². The average molecular weight is 553 g/mol. The van der Waals surface area contributed by atoms with Crippen LogP contribution < -0.4 is 5.46 Å². The highest BCUT2D eigenvalue weighted by Gasteiger charge is 2.51. The monoisotopic (exact) mass is 552 g/mol. The summed E-state index contributed by atoms with van der Waals surface area (Å²) in [6.07, 6.45) is 0. The van der Waals surface area contributed by atoms with Crippen LogP contribution in [0.1, 0.15) is 27.7 Å². The molecule has 0 radical (unpaired) electrons. The molecular formula is C36H29BO3S. The van der Waals surface area contributed by atoms with Crippen molar-refractivity contribution in [3.8, 4) is 22.3 Å². The zero-order valence-electron chi connectivity index (χ0n) is 23.5. The number of hydrogen-bond acceptors (Lipinski definition) is 4. The summed E-state index contributed by atoms with van der Waals surface area (Å²) >= 11 is 1.84. The molecule has 5 heteroatoms. The Hall–Kier alpha value is -3.90. The van der Waals surface area contributed by atoms with E-state index in [0.29, 0.717) is 0 Å². The van der Waals surface area contributed by atoms with Gasteiger partial charge >= 0.3 is 7.12 Å². The highest BCUT2D eigenvalue weighted by molar-refractivity contribution is 7.25. The standard InChI is InChI=1S/C36H29BO3S/c1-35(2)36(3,4)40-37(39-35)26-9-7-8-22(18-26)25-12-15-28-30-20-24(14-17-33(30)41-34(28)21-25)23-13-16-32-29(19-23)27-10-5-6-11-31(27)38-32/h5-21H,1-4H3. The second-order valence-corrected chi connectivity index (χ2v) is 13.1. The minimum absolute atomic E-state index is 0.361. The summed E-state index contributed by atoms with van der Waals surface area (Å²) in [6, 6.07) is 36.9. The maximum absolute atomic E-state index is 6.31. The number of benzene rings is 5. The van der Waals surface area contributed by atoms with E-state index >= 15 is 0 Å². The van der Waals surface area contributed by atoms with Crippen LogP contribution in [-0.2, 0) is 9.31 Å². The topological polar surface area (TPSA) is 31.6 Å². The summed E-state index contributed by atoms with van der Waals surface area (Å²) in [7, 11) is -0.370. The molecule has 0 unspecified atom stereocenters. The Kier molecular flexibility index (Phi) is 5.34. The molecule has 1 aliphatic rings. The van der Waals surface area contributed by atoms with Crippen LogP contribution in [-0.4, -0.2) is 18.3 Å². The molecule has 1 fully saturated rings. The van der Waals surface area contributed by atoms with Gasteiger partial charge in [0.1, 0.15) is 11.2 Å². The van der Waals surface area contributed by atoms with Gasteiger partial charge in [-0.05, 0) is 91.8 Å². The minimum Gasteiger partial charge on any atom is -0.456 e. The number of rotatable bonds is 3. The van der Waals surface area contributed by atoms with Crippen molar-refractivity contribution in [3.63, 3.8) is 0 Å². The van der Waals surface area contributed by atoms with Crippen LogP contribution in [0.2, 0.25) is 0 Å². The maximum atomic E-state index is 6.31. The summed E-state index contributed by atoms with van der Waals surface area (Å²) in [5.41, 5.74) is 6.94. The summed E-state index contributed by atoms with van der Waals surface area (Å²) in [6.45, 7) is 8.37. The molecular weight excluding hydrogens is 523 g/mol. The molecule has 0 atom stereocenters. The predicted molar refractivity (Wildman–Crippen MR) is 173 cm³/mol. The molecule has 200 valence electrons. The van der Waals surface area contributed by atoms with E-state index in [0.717, 1.165) is 33.0 Å². The van der Waals surface area contributed by atoms with Crippen LogP contribution in [0, 0.1) is 0 Å². The van der Waals surface area contributed by atoms with Gasteiger partial charge in [-0.15, -0.1) is 11.3 Å². The summed E-state index contributed by atoms with van der Waals surface area (Å²) in [5.74, 6) is 0. The number of fused-ring (bicyclic) bond motifs is 6. The maximum Gasteiger partial charge on any atom is 0.494 e. The fraction of sp³-hybridized carbons (Fsp3) is 0.167. The molecule has 7 aromatic rings. The van der Waals surface area contributed by atoms with Crippen LogP contribution in [0.15, 0.2) is 108 Å². The minimum atomic E-state index is -0.370. The van der Waals surface area contributed by atoms with E-state index in [-0.39, 0.29) is 18.3 Å². The van der Waals surface area contributed by atoms with Crippen LogP contribution in [0.4, 0.5) is 0 Å². The number of furan rings is 1. The van der Waals surface area contributed by atoms with Crippen molar-refractivity contribution in [1.82, 2.24) is 0 Å². The molecule has 1 saturated heterocycles. The Morgan fingerprint density at radius 2 is 1.17 bits per heavy atom. The number of hydrogen-bond donors (Lipinski definition) is 0. The van der Waals surface area contributed by atoms with Crippen molar-refractivity contribution >= 4 is 66.0 Å². The highest BCUT2D eigenvalue weighted by Crippen LogP contribution is 2.40. The molecule has 0 N–H and O–H groups in total. The van der Waals surface area contributed by atoms with Gasteiger partial charge in [0.15, 0.2) is 0 Å². The van der Waals surface area contributed by atoms with Gasteiger partial charge in [-0.2, -0.15) is 0 Å². The third-order valence-electron chi connectivity index (χ3n) is 8.93. The second kappa shape index (κ2) is 8.80. The van der Waals surface area contributed by atoms with Crippen molar-refractivity contribution in [2.24, 2.45) is 0 Å². The summed E-state index contributed by atoms with van der Waals surface area (Å²) in [5, 5.41) is 4.88. The van der Waals surface area contributed by atoms with Gasteiger partial charge in [0.25, 0.3) is 0 Å². The largest absolute Gasteiger partial charge is 0.494 e. The van der Waals surface area contributed by atoms with Gasteiger partial charge in [0.2, 0.25) is 0 Å². The molecule has 0 bridgehead atoms. The summed E-state index contributed by atoms with van der Waals surface area (Å²) in [4.78, 5) is 0. The lowest BCUT2D eigenvalue weighted by atomic mass is 9.78. The SMILES string of the molecule is CC1(C)OB(c2cccc(-c3ccc4c(c3)sc3ccc(-c5ccc6oc7ccccc7c6c5)cc34)c2)OC1(C)C. The fourth-order valence-corrected chi connectivity index (χ4v) is 7.01. The normalized spacial score (nSPS) is 16.4. The molecule has 41 heavy (non-hydrogen) atoms. The first-order chi connectivity index (χ1) is 19.8. The first-order valence-electron chi connectivity index (χ1n) is 14.1. The van der Waals surface area contributed by atoms with Crippen LogP contribution >= 0.6 is 11.3 Å². The number of thiophene rings is 1. The molecule has 0 spiro atoms. The van der Waals surface area contributed by atoms with Crippen LogP contribution in [0.25, 0.3) is 64.4 Å². The zero-order valence-corrected chi connectivity index (χ0v) is 24.3. The lowest BCUT2D eigenvalue weighted by molar-refractivity contribution is 0.00578. The van der Waals surface area contributed by atoms with Gasteiger partial charge in [-0.3, -0.25) is 0 Å². The predicted octanol–water partition coefficient (Wildman–Crippen LogP) is 9.59. The molecule has 0 amide bonds. The smallest absolute Gasteiger partial charge is 0.456 e. The number of para-hydroxylation sites is 1. The van der Waals surface area contributed by atoms with Crippen molar-refractivity contribution in [3.05, 3.63) is 103 Å². The lowest BCUT2D eigenvalue weighted by Gasteiger charge is -2.32. The average Bonchev–Trinajstić information content (AvgIpc) is 3.60. The van der Waals surface area contributed by atoms with Crippen molar-refractivity contribution in [2.75, 3.05) is 0 Å². The Morgan fingerprint density at radius 1 is 0.512 bits per heavy atom. The molecule has 5 aromatic carbocycles. The van der Waals surface area contributed by atoms with Crippen molar-refractivity contribution in [2.45, 2.75) is 38.9 Å². The fourth-order valence-electron chi connectivity index (χ4n) is 5.89. The summed E-state index contributed by atoms with van der Waals surface area (Å²) < 4.78 is 21.3. The van der Waals surface area contributed by atoms with Gasteiger partial charge in [0, 0.05) is 30.9 Å². The quantitative estimate of drug-likeness (QED) is 0.205. The Morgan fingerprint density at radius 3 is 2.00 bits per heavy atom. The Balaban J connectivity index is 1.16. The third kappa shape index (κ3) is 3.95. The first-order valence-corrected chi connectivity index (χ1v) is 14.9. The Bertz CT molecular complexity index is 2120. The van der Waals surface area contributed by atoms with E-state index in [1.807, 2.05) is 23.5 Å². The van der Waals surface area contributed by atoms with Gasteiger partial charge in [-0.25, -0.2) is 0 Å². The van der Waals surface area contributed by atoms with E-state index in [2.05, 4.69) is 119 Å². The van der Waals surface area contributed by atoms with E-state index in [4.69, 9.17) is 13.7 Å². The molecule has 3 nitrogen and oxygen atoms in total. The molecule has 3 heterocycles. The second-order valence-electron chi connectivity index (χ2n) is 12.0. The molecule has 2 aromatic heterocycles. The molecule has 0 saturated carbocycles. The van der Waals surface area contributed by atoms with Crippen molar-refractivity contribution < 1.29 is 13.7 Å². The van der Waals surface area contributed by atoms with Crippen LogP contribution in [0.3, 0.4) is 0 Å². The van der Waals surface area contributed by atoms with E-state index in [1.54, 1.807) is 0 Å². The van der Waals surface area contributed by atoms with Gasteiger partial charge in [-0.1, -0.05) is 66.7 Å². The zero-order chi connectivity index (χ0) is 27.9.